The molecule has 198 valence electrons. The Kier molecular flexibility index (Phi) is 11.6. The minimum absolute atomic E-state index is 0.0827. The van der Waals surface area contributed by atoms with Gasteiger partial charge in [0, 0.05) is 29.3 Å². The van der Waals surface area contributed by atoms with Gasteiger partial charge in [0.05, 0.1) is 6.10 Å². The molecule has 36 heavy (non-hydrogen) atoms. The van der Waals surface area contributed by atoms with Gasteiger partial charge in [0.25, 0.3) is 0 Å². The molecule has 0 spiro atoms. The Balaban J connectivity index is 2.28. The van der Waals surface area contributed by atoms with Crippen molar-refractivity contribution < 1.29 is 29.4 Å². The molecule has 1 aromatic heterocycles. The molecule has 0 fully saturated rings. The Hall–Kier alpha value is -2.74. The van der Waals surface area contributed by atoms with Crippen LogP contribution < -0.4 is 21.7 Å². The van der Waals surface area contributed by atoms with Crippen molar-refractivity contribution in [3.8, 4) is 0 Å². The number of para-hydroxylation sites is 1. The average molecular weight is 540 g/mol. The largest absolute Gasteiger partial charge is 0.480 e. The standard InChI is InChI=1S/C23H33N5O6S2/c1-12(29)19(24)22(32)27-17(9-13-10-25-15-6-4-3-5-14(13)15)21(31)26-16(7-8-36-2)20(30)28-18(11-35)23(33)34/h3-6,10,12,16-19,25,29,35H,7-9,11,24H2,1-2H3,(H,26,31)(H,27,32)(H,28,30)(H,33,34). The topological polar surface area (TPSA) is 187 Å². The summed E-state index contributed by atoms with van der Waals surface area (Å²) in [5.74, 6) is -2.90. The molecule has 1 aromatic carbocycles. The van der Waals surface area contributed by atoms with E-state index in [9.17, 15) is 29.4 Å². The smallest absolute Gasteiger partial charge is 0.327 e. The zero-order valence-corrected chi connectivity index (χ0v) is 21.8. The Labute approximate surface area is 218 Å². The van der Waals surface area contributed by atoms with Gasteiger partial charge in [-0.1, -0.05) is 18.2 Å². The number of aromatic amines is 1. The number of benzene rings is 1. The first-order valence-corrected chi connectivity index (χ1v) is 13.3. The van der Waals surface area contributed by atoms with E-state index in [-0.39, 0.29) is 18.6 Å². The van der Waals surface area contributed by atoms with Crippen LogP contribution in [0.25, 0.3) is 10.9 Å². The second kappa shape index (κ2) is 14.1. The summed E-state index contributed by atoms with van der Waals surface area (Å²) in [6.07, 6.45) is 2.74. The first-order valence-electron chi connectivity index (χ1n) is 11.3. The lowest BCUT2D eigenvalue weighted by molar-refractivity contribution is -0.141. The molecular weight excluding hydrogens is 506 g/mol. The molecular formula is C23H33N5O6S2. The predicted octanol–water partition coefficient (Wildman–Crippen LogP) is -0.360. The Morgan fingerprint density at radius 1 is 1.06 bits per heavy atom. The summed E-state index contributed by atoms with van der Waals surface area (Å²) in [6, 6.07) is 2.81. The number of fused-ring (bicyclic) bond motifs is 1. The number of carboxylic acids is 1. The number of amides is 3. The predicted molar refractivity (Wildman–Crippen MR) is 142 cm³/mol. The van der Waals surface area contributed by atoms with Crippen molar-refractivity contribution in [3.63, 3.8) is 0 Å². The van der Waals surface area contributed by atoms with Gasteiger partial charge >= 0.3 is 5.97 Å². The van der Waals surface area contributed by atoms with Gasteiger partial charge in [-0.15, -0.1) is 0 Å². The molecule has 1 heterocycles. The van der Waals surface area contributed by atoms with E-state index in [4.69, 9.17) is 5.73 Å². The third-order valence-corrected chi connectivity index (χ3v) is 6.60. The van der Waals surface area contributed by atoms with Crippen molar-refractivity contribution in [2.24, 2.45) is 5.73 Å². The number of carbonyl (C=O) groups is 4. The van der Waals surface area contributed by atoms with Crippen molar-refractivity contribution in [2.75, 3.05) is 17.8 Å². The first-order chi connectivity index (χ1) is 17.1. The number of carbonyl (C=O) groups excluding carboxylic acids is 3. The molecule has 13 heteroatoms. The van der Waals surface area contributed by atoms with Crippen LogP contribution in [0.4, 0.5) is 0 Å². The normalized spacial score (nSPS) is 15.4. The van der Waals surface area contributed by atoms with Crippen LogP contribution in [0.5, 0.6) is 0 Å². The summed E-state index contributed by atoms with van der Waals surface area (Å²) in [5.41, 5.74) is 7.36. The lowest BCUT2D eigenvalue weighted by atomic mass is 10.0. The van der Waals surface area contributed by atoms with Crippen LogP contribution in [0.15, 0.2) is 30.5 Å². The summed E-state index contributed by atoms with van der Waals surface area (Å²) < 4.78 is 0. The van der Waals surface area contributed by atoms with Crippen molar-refractivity contribution in [1.29, 1.82) is 0 Å². The second-order valence-corrected chi connectivity index (χ2v) is 9.67. The monoisotopic (exact) mass is 539 g/mol. The van der Waals surface area contributed by atoms with E-state index in [0.717, 1.165) is 16.5 Å². The fourth-order valence-electron chi connectivity index (χ4n) is 3.45. The van der Waals surface area contributed by atoms with Gasteiger partial charge in [0.15, 0.2) is 0 Å². The van der Waals surface area contributed by atoms with Crippen LogP contribution in [-0.4, -0.2) is 86.9 Å². The number of thioether (sulfide) groups is 1. The van der Waals surface area contributed by atoms with E-state index in [1.54, 1.807) is 6.20 Å². The number of thiol groups is 1. The number of aromatic nitrogens is 1. The maximum atomic E-state index is 13.3. The number of nitrogens with one attached hydrogen (secondary N) is 4. The highest BCUT2D eigenvalue weighted by molar-refractivity contribution is 7.98. The fourth-order valence-corrected chi connectivity index (χ4v) is 4.17. The Morgan fingerprint density at radius 2 is 1.67 bits per heavy atom. The van der Waals surface area contributed by atoms with Crippen LogP contribution >= 0.6 is 24.4 Å². The van der Waals surface area contributed by atoms with Gasteiger partial charge in [-0.05, 0) is 37.0 Å². The minimum Gasteiger partial charge on any atom is -0.480 e. The number of hydrogen-bond donors (Lipinski definition) is 8. The summed E-state index contributed by atoms with van der Waals surface area (Å²) in [6.45, 7) is 1.36. The lowest BCUT2D eigenvalue weighted by Crippen LogP contribution is -2.58. The number of aliphatic carboxylic acids is 1. The quantitative estimate of drug-likeness (QED) is 0.150. The molecule has 0 aliphatic rings. The van der Waals surface area contributed by atoms with E-state index in [1.165, 1.54) is 18.7 Å². The maximum absolute atomic E-state index is 13.3. The van der Waals surface area contributed by atoms with Gasteiger partial charge in [0.1, 0.15) is 24.2 Å². The van der Waals surface area contributed by atoms with E-state index < -0.39 is 54.0 Å². The van der Waals surface area contributed by atoms with Crippen LogP contribution in [0.3, 0.4) is 0 Å². The first kappa shape index (κ1) is 29.5. The van der Waals surface area contributed by atoms with Gasteiger partial charge in [-0.2, -0.15) is 24.4 Å². The van der Waals surface area contributed by atoms with Gasteiger partial charge < -0.3 is 36.9 Å². The highest BCUT2D eigenvalue weighted by Gasteiger charge is 2.31. The summed E-state index contributed by atoms with van der Waals surface area (Å²) in [5, 5.41) is 27.4. The van der Waals surface area contributed by atoms with Gasteiger partial charge in [-0.3, -0.25) is 14.4 Å². The Morgan fingerprint density at radius 3 is 2.28 bits per heavy atom. The van der Waals surface area contributed by atoms with E-state index >= 15 is 0 Å². The molecule has 11 nitrogen and oxygen atoms in total. The molecule has 2 aromatic rings. The zero-order valence-electron chi connectivity index (χ0n) is 20.1. The molecule has 3 amide bonds. The van der Waals surface area contributed by atoms with Crippen molar-refractivity contribution in [3.05, 3.63) is 36.0 Å². The number of carboxylic acid groups (broad SMARTS) is 1. The van der Waals surface area contributed by atoms with Crippen molar-refractivity contribution >= 4 is 59.0 Å². The highest BCUT2D eigenvalue weighted by Crippen LogP contribution is 2.19. The molecule has 0 saturated heterocycles. The van der Waals surface area contributed by atoms with Crippen molar-refractivity contribution in [2.45, 2.75) is 50.0 Å². The molecule has 5 unspecified atom stereocenters. The minimum atomic E-state index is -1.26. The van der Waals surface area contributed by atoms with E-state index in [2.05, 4.69) is 33.6 Å². The molecule has 0 saturated carbocycles. The van der Waals surface area contributed by atoms with Gasteiger partial charge in [0.2, 0.25) is 17.7 Å². The third-order valence-electron chi connectivity index (χ3n) is 5.60. The molecule has 8 N–H and O–H groups in total. The van der Waals surface area contributed by atoms with Crippen LogP contribution in [0, 0.1) is 0 Å². The van der Waals surface area contributed by atoms with Crippen LogP contribution in [0.2, 0.25) is 0 Å². The number of nitrogens with two attached hydrogens (primary N) is 1. The van der Waals surface area contributed by atoms with Crippen molar-refractivity contribution in [1.82, 2.24) is 20.9 Å². The summed E-state index contributed by atoms with van der Waals surface area (Å²) in [7, 11) is 0. The SMILES string of the molecule is CSCCC(NC(=O)C(Cc1c[nH]c2ccccc12)NC(=O)C(N)C(C)O)C(=O)NC(CS)C(=O)O. The number of aliphatic hydroxyl groups excluding tert-OH is 1. The maximum Gasteiger partial charge on any atom is 0.327 e. The molecule has 5 atom stereocenters. The molecule has 0 radical (unpaired) electrons. The van der Waals surface area contributed by atoms with Gasteiger partial charge in [-0.25, -0.2) is 4.79 Å². The zero-order chi connectivity index (χ0) is 26.8. The molecule has 0 aliphatic carbocycles. The number of hydrogen-bond acceptors (Lipinski definition) is 8. The van der Waals surface area contributed by atoms with E-state index in [1.807, 2.05) is 30.5 Å². The number of aliphatic hydroxyl groups is 1. The summed E-state index contributed by atoms with van der Waals surface area (Å²) in [4.78, 5) is 53.2. The summed E-state index contributed by atoms with van der Waals surface area (Å²) >= 11 is 5.41. The number of rotatable bonds is 14. The van der Waals surface area contributed by atoms with Crippen LogP contribution in [0.1, 0.15) is 18.9 Å². The Bertz CT molecular complexity index is 1060. The molecule has 2 rings (SSSR count). The fraction of sp³-hybridized carbons (Fsp3) is 0.478. The van der Waals surface area contributed by atoms with Crippen LogP contribution in [-0.2, 0) is 25.6 Å². The lowest BCUT2D eigenvalue weighted by Gasteiger charge is -2.25. The second-order valence-electron chi connectivity index (χ2n) is 8.32. The third kappa shape index (κ3) is 8.15. The average Bonchev–Trinajstić information content (AvgIpc) is 3.26. The van der Waals surface area contributed by atoms with E-state index in [0.29, 0.717) is 5.75 Å². The highest BCUT2D eigenvalue weighted by atomic mass is 32.2. The molecule has 0 aliphatic heterocycles. The molecule has 0 bridgehead atoms. The number of H-pyrrole nitrogens is 1.